The fourth-order valence-electron chi connectivity index (χ4n) is 2.70. The Morgan fingerprint density at radius 2 is 1.97 bits per heavy atom. The van der Waals surface area contributed by atoms with E-state index in [9.17, 15) is 9.18 Å². The van der Waals surface area contributed by atoms with E-state index in [1.165, 1.54) is 25.5 Å². The van der Waals surface area contributed by atoms with Gasteiger partial charge in [0, 0.05) is 10.0 Å². The molecule has 0 aliphatic carbocycles. The summed E-state index contributed by atoms with van der Waals surface area (Å²) in [5, 5.41) is 13.5. The van der Waals surface area contributed by atoms with Gasteiger partial charge in [0.05, 0.1) is 40.6 Å². The van der Waals surface area contributed by atoms with Gasteiger partial charge in [0.1, 0.15) is 12.4 Å². The summed E-state index contributed by atoms with van der Waals surface area (Å²) in [4.78, 5) is 12.2. The minimum absolute atomic E-state index is 0.116. The number of carbonyl (C=O) groups excluding carboxylic acids is 1. The molecule has 0 radical (unpaired) electrons. The number of nitrogens with one attached hydrogen (secondary N) is 1. The van der Waals surface area contributed by atoms with E-state index in [1.54, 1.807) is 36.4 Å². The fraction of sp³-hybridized carbons (Fsp3) is 0.0870. The summed E-state index contributed by atoms with van der Waals surface area (Å²) in [6, 6.07) is 13.9. The molecule has 33 heavy (non-hydrogen) atoms. The van der Waals surface area contributed by atoms with Crippen molar-refractivity contribution in [2.45, 2.75) is 6.61 Å². The maximum Gasteiger partial charge on any atom is 0.274 e. The molecule has 0 saturated heterocycles. The van der Waals surface area contributed by atoms with E-state index >= 15 is 0 Å². The number of halogens is 4. The van der Waals surface area contributed by atoms with Crippen LogP contribution in [-0.4, -0.2) is 19.2 Å². The van der Waals surface area contributed by atoms with Crippen molar-refractivity contribution in [2.24, 2.45) is 5.10 Å². The summed E-state index contributed by atoms with van der Waals surface area (Å²) in [5.41, 5.74) is 3.54. The lowest BCUT2D eigenvalue weighted by Gasteiger charge is -2.13. The van der Waals surface area contributed by atoms with Crippen molar-refractivity contribution in [3.8, 4) is 17.6 Å². The molecule has 3 aromatic rings. The summed E-state index contributed by atoms with van der Waals surface area (Å²) in [6.07, 6.45) is 1.37. The number of methoxy groups -OCH3 is 1. The highest BCUT2D eigenvalue weighted by molar-refractivity contribution is 9.10. The summed E-state index contributed by atoms with van der Waals surface area (Å²) in [5.74, 6) is -0.661. The van der Waals surface area contributed by atoms with E-state index in [1.807, 2.05) is 0 Å². The molecule has 1 amide bonds. The van der Waals surface area contributed by atoms with Gasteiger partial charge >= 0.3 is 0 Å². The van der Waals surface area contributed by atoms with Crippen molar-refractivity contribution in [1.29, 1.82) is 5.26 Å². The van der Waals surface area contributed by atoms with Crippen LogP contribution >= 0.6 is 39.1 Å². The molecule has 0 spiro atoms. The first-order valence-electron chi connectivity index (χ1n) is 9.29. The number of hydrogen-bond acceptors (Lipinski definition) is 5. The maximum absolute atomic E-state index is 14.0. The van der Waals surface area contributed by atoms with Gasteiger partial charge in [-0.05, 0) is 64.0 Å². The van der Waals surface area contributed by atoms with E-state index in [4.69, 9.17) is 37.9 Å². The summed E-state index contributed by atoms with van der Waals surface area (Å²) < 4.78 is 25.8. The smallest absolute Gasteiger partial charge is 0.274 e. The van der Waals surface area contributed by atoms with E-state index < -0.39 is 11.7 Å². The van der Waals surface area contributed by atoms with Gasteiger partial charge in [0.15, 0.2) is 11.5 Å². The fourth-order valence-corrected chi connectivity index (χ4v) is 3.45. The van der Waals surface area contributed by atoms with E-state index in [0.29, 0.717) is 31.6 Å². The number of amides is 1. The van der Waals surface area contributed by atoms with Crippen LogP contribution in [0.2, 0.25) is 10.0 Å². The Balaban J connectivity index is 1.71. The Kier molecular flexibility index (Phi) is 8.28. The van der Waals surface area contributed by atoms with Gasteiger partial charge in [-0.1, -0.05) is 29.3 Å². The van der Waals surface area contributed by atoms with Crippen LogP contribution in [0.3, 0.4) is 0 Å². The molecule has 0 aliphatic rings. The zero-order chi connectivity index (χ0) is 24.0. The average molecular weight is 551 g/mol. The highest BCUT2D eigenvalue weighted by atomic mass is 79.9. The van der Waals surface area contributed by atoms with Crippen LogP contribution in [-0.2, 0) is 6.61 Å². The van der Waals surface area contributed by atoms with E-state index in [2.05, 4.69) is 26.5 Å². The molecule has 0 heterocycles. The van der Waals surface area contributed by atoms with Gasteiger partial charge in [-0.25, -0.2) is 9.82 Å². The number of hydrogen-bond donors (Lipinski definition) is 1. The Bertz CT molecular complexity index is 1280. The molecular formula is C23H15BrCl2FN3O3. The molecule has 0 unspecified atom stereocenters. The SMILES string of the molecule is COc1cc(/C=N\NC(=O)c2ccc(C#N)cc2F)c(Br)cc1OCc1ccc(Cl)c(Cl)c1. The zero-order valence-corrected chi connectivity index (χ0v) is 20.1. The van der Waals surface area contributed by atoms with Crippen molar-refractivity contribution in [3.63, 3.8) is 0 Å². The van der Waals surface area contributed by atoms with Gasteiger partial charge in [0.25, 0.3) is 5.91 Å². The normalized spacial score (nSPS) is 10.7. The van der Waals surface area contributed by atoms with Crippen LogP contribution in [0.25, 0.3) is 0 Å². The molecule has 168 valence electrons. The zero-order valence-electron chi connectivity index (χ0n) is 17.0. The van der Waals surface area contributed by atoms with Crippen LogP contribution in [0.15, 0.2) is 58.1 Å². The minimum Gasteiger partial charge on any atom is -0.493 e. The first kappa shape index (κ1) is 24.5. The Labute approximate surface area is 207 Å². The van der Waals surface area contributed by atoms with Gasteiger partial charge in [0.2, 0.25) is 0 Å². The number of carbonyl (C=O) groups is 1. The molecule has 0 saturated carbocycles. The summed E-state index contributed by atoms with van der Waals surface area (Å²) in [6.45, 7) is 0.235. The van der Waals surface area contributed by atoms with Crippen LogP contribution in [0.5, 0.6) is 11.5 Å². The molecule has 0 aliphatic heterocycles. The van der Waals surface area contributed by atoms with Crippen LogP contribution < -0.4 is 14.9 Å². The lowest BCUT2D eigenvalue weighted by atomic mass is 10.1. The van der Waals surface area contributed by atoms with E-state index in [0.717, 1.165) is 11.6 Å². The second-order valence-electron chi connectivity index (χ2n) is 6.57. The second kappa shape index (κ2) is 11.1. The predicted octanol–water partition coefficient (Wildman–Crippen LogP) is 6.12. The van der Waals surface area contributed by atoms with Gasteiger partial charge in [-0.3, -0.25) is 4.79 Å². The number of nitriles is 1. The molecule has 1 N–H and O–H groups in total. The van der Waals surface area contributed by atoms with Crippen molar-refractivity contribution in [2.75, 3.05) is 7.11 Å². The molecule has 6 nitrogen and oxygen atoms in total. The van der Waals surface area contributed by atoms with Crippen molar-refractivity contribution in [3.05, 3.63) is 91.1 Å². The molecule has 0 fully saturated rings. The van der Waals surface area contributed by atoms with Gasteiger partial charge in [-0.15, -0.1) is 0 Å². The number of ether oxygens (including phenoxy) is 2. The third-order valence-corrected chi connectivity index (χ3v) is 5.80. The average Bonchev–Trinajstić information content (AvgIpc) is 2.80. The van der Waals surface area contributed by atoms with Crippen LogP contribution in [0, 0.1) is 17.1 Å². The number of hydrazone groups is 1. The molecule has 0 atom stereocenters. The molecule has 0 bridgehead atoms. The lowest BCUT2D eigenvalue weighted by molar-refractivity contribution is 0.0951. The Morgan fingerprint density at radius 1 is 1.18 bits per heavy atom. The highest BCUT2D eigenvalue weighted by Crippen LogP contribution is 2.34. The Morgan fingerprint density at radius 3 is 2.64 bits per heavy atom. The van der Waals surface area contributed by atoms with E-state index in [-0.39, 0.29) is 17.7 Å². The number of rotatable bonds is 7. The first-order chi connectivity index (χ1) is 15.8. The van der Waals surface area contributed by atoms with Crippen LogP contribution in [0.4, 0.5) is 4.39 Å². The standard InChI is InChI=1S/C23H15BrCl2FN3O3/c1-32-21-8-15(11-29-30-23(31)16-4-2-13(10-28)7-20(16)27)17(24)9-22(21)33-12-14-3-5-18(25)19(26)6-14/h2-9,11H,12H2,1H3,(H,30,31)/b29-11-. The van der Waals surface area contributed by atoms with Crippen LogP contribution in [0.1, 0.15) is 27.0 Å². The predicted molar refractivity (Wildman–Crippen MR) is 128 cm³/mol. The molecule has 3 aromatic carbocycles. The van der Waals surface area contributed by atoms with Gasteiger partial charge in [-0.2, -0.15) is 10.4 Å². The lowest BCUT2D eigenvalue weighted by Crippen LogP contribution is -2.19. The largest absolute Gasteiger partial charge is 0.493 e. The van der Waals surface area contributed by atoms with Crippen molar-refractivity contribution < 1.29 is 18.7 Å². The Hall–Kier alpha value is -3.12. The third kappa shape index (κ3) is 6.23. The quantitative estimate of drug-likeness (QED) is 0.284. The highest BCUT2D eigenvalue weighted by Gasteiger charge is 2.13. The monoisotopic (exact) mass is 549 g/mol. The first-order valence-corrected chi connectivity index (χ1v) is 10.8. The minimum atomic E-state index is -0.812. The van der Waals surface area contributed by atoms with Crippen molar-refractivity contribution >= 4 is 51.3 Å². The van der Waals surface area contributed by atoms with Gasteiger partial charge < -0.3 is 9.47 Å². The second-order valence-corrected chi connectivity index (χ2v) is 8.24. The topological polar surface area (TPSA) is 83.7 Å². The number of nitrogens with zero attached hydrogens (tertiary/aromatic N) is 2. The third-order valence-electron chi connectivity index (χ3n) is 4.37. The maximum atomic E-state index is 14.0. The summed E-state index contributed by atoms with van der Waals surface area (Å²) >= 11 is 15.4. The van der Waals surface area contributed by atoms with Crippen molar-refractivity contribution in [1.82, 2.24) is 5.43 Å². The molecule has 10 heteroatoms. The molecular weight excluding hydrogens is 536 g/mol. The summed E-state index contributed by atoms with van der Waals surface area (Å²) in [7, 11) is 1.49. The molecule has 0 aromatic heterocycles. The number of benzene rings is 3. The molecule has 3 rings (SSSR count).